The molecule has 0 aliphatic rings. The van der Waals surface area contributed by atoms with Gasteiger partial charge in [-0.2, -0.15) is 0 Å². The minimum absolute atomic E-state index is 0.278. The molecule has 0 aliphatic carbocycles. The number of benzene rings is 1. The molecule has 0 heterocycles. The second-order valence-corrected chi connectivity index (χ2v) is 3.95. The Kier molecular flexibility index (Phi) is 6.21. The van der Waals surface area contributed by atoms with E-state index >= 15 is 0 Å². The molecule has 1 N–H and O–H groups in total. The summed E-state index contributed by atoms with van der Waals surface area (Å²) in [7, 11) is 0. The number of carbonyl (C=O) groups is 2. The molecule has 0 bridgehead atoms. The number of carbonyl (C=O) groups excluding carboxylic acids is 1. The van der Waals surface area contributed by atoms with Crippen molar-refractivity contribution in [3.63, 3.8) is 0 Å². The van der Waals surface area contributed by atoms with Crippen LogP contribution in [0.25, 0.3) is 0 Å². The monoisotopic (exact) mass is 330 g/mol. The van der Waals surface area contributed by atoms with Crippen molar-refractivity contribution < 1.29 is 39.3 Å². The Morgan fingerprint density at radius 1 is 1.17 bits per heavy atom. The minimum Gasteiger partial charge on any atom is -0.478 e. The maximum atomic E-state index is 11.7. The lowest BCUT2D eigenvalue weighted by molar-refractivity contribution is -0.789. The van der Waals surface area contributed by atoms with Crippen molar-refractivity contribution >= 4 is 11.9 Å². The number of carboxylic acids is 1. The molecule has 0 spiro atoms. The van der Waals surface area contributed by atoms with E-state index in [9.17, 15) is 29.8 Å². The van der Waals surface area contributed by atoms with E-state index in [4.69, 9.17) is 9.84 Å². The summed E-state index contributed by atoms with van der Waals surface area (Å²) in [5.41, 5.74) is -0.297. The predicted octanol–water partition coefficient (Wildman–Crippen LogP) is 0.466. The standard InChI is InChI=1S/C11H10N2O10/c14-10(5-7(23-13(19)20)6-21-12(17)18)22-9-4-2-1-3-8(9)11(15)16/h1-4,7H,5-6H2,(H,15,16). The van der Waals surface area contributed by atoms with Gasteiger partial charge in [0.1, 0.15) is 24.0 Å². The van der Waals surface area contributed by atoms with Crippen molar-refractivity contribution in [2.45, 2.75) is 12.5 Å². The van der Waals surface area contributed by atoms with Gasteiger partial charge in [-0.25, -0.2) is 4.79 Å². The van der Waals surface area contributed by atoms with Gasteiger partial charge >= 0.3 is 11.9 Å². The van der Waals surface area contributed by atoms with Crippen molar-refractivity contribution in [3.8, 4) is 5.75 Å². The van der Waals surface area contributed by atoms with Gasteiger partial charge in [0.15, 0.2) is 0 Å². The maximum Gasteiger partial charge on any atom is 0.339 e. The molecule has 23 heavy (non-hydrogen) atoms. The smallest absolute Gasteiger partial charge is 0.339 e. The van der Waals surface area contributed by atoms with Crippen molar-refractivity contribution in [3.05, 3.63) is 50.1 Å². The van der Waals surface area contributed by atoms with Crippen LogP contribution in [0, 0.1) is 20.2 Å². The highest BCUT2D eigenvalue weighted by Gasteiger charge is 2.22. The van der Waals surface area contributed by atoms with Gasteiger partial charge in [0, 0.05) is 0 Å². The predicted molar refractivity (Wildman–Crippen MR) is 68.5 cm³/mol. The molecule has 1 rings (SSSR count). The van der Waals surface area contributed by atoms with Gasteiger partial charge in [0.2, 0.25) is 0 Å². The van der Waals surface area contributed by atoms with Crippen LogP contribution in [0.4, 0.5) is 0 Å². The second kappa shape index (κ2) is 8.11. The van der Waals surface area contributed by atoms with Gasteiger partial charge in [-0.15, -0.1) is 20.2 Å². The maximum absolute atomic E-state index is 11.7. The van der Waals surface area contributed by atoms with Gasteiger partial charge in [0.25, 0.3) is 10.2 Å². The highest BCUT2D eigenvalue weighted by Crippen LogP contribution is 2.18. The first-order valence-electron chi connectivity index (χ1n) is 5.91. The molecule has 12 nitrogen and oxygen atoms in total. The third-order valence-corrected chi connectivity index (χ3v) is 2.34. The molecule has 0 aromatic heterocycles. The van der Waals surface area contributed by atoms with Crippen LogP contribution in [0.5, 0.6) is 5.75 Å². The Bertz CT molecular complexity index is 617. The molecule has 0 fully saturated rings. The fourth-order valence-electron chi connectivity index (χ4n) is 1.47. The number of ether oxygens (including phenoxy) is 1. The number of aromatic carboxylic acids is 1. The first kappa shape index (κ1) is 17.6. The number of hydrogen-bond acceptors (Lipinski definition) is 9. The summed E-state index contributed by atoms with van der Waals surface area (Å²) < 4.78 is 4.78. The molecule has 1 atom stereocenters. The van der Waals surface area contributed by atoms with E-state index in [2.05, 4.69) is 9.68 Å². The van der Waals surface area contributed by atoms with Gasteiger partial charge in [0.05, 0.1) is 6.42 Å². The van der Waals surface area contributed by atoms with Crippen LogP contribution < -0.4 is 4.74 Å². The summed E-state index contributed by atoms with van der Waals surface area (Å²) in [5, 5.41) is 26.8. The van der Waals surface area contributed by atoms with Crippen LogP contribution >= 0.6 is 0 Å². The number of esters is 1. The summed E-state index contributed by atoms with van der Waals surface area (Å²) in [6, 6.07) is 5.21. The van der Waals surface area contributed by atoms with Crippen molar-refractivity contribution in [2.24, 2.45) is 0 Å². The summed E-state index contributed by atoms with van der Waals surface area (Å²) in [5.74, 6) is -2.71. The molecule has 12 heteroatoms. The van der Waals surface area contributed by atoms with Crippen LogP contribution in [-0.4, -0.2) is 39.9 Å². The van der Waals surface area contributed by atoms with Crippen molar-refractivity contribution in [2.75, 3.05) is 6.61 Å². The Balaban J connectivity index is 2.73. The average molecular weight is 330 g/mol. The lowest BCUT2D eigenvalue weighted by Gasteiger charge is -2.13. The quantitative estimate of drug-likeness (QED) is 0.290. The van der Waals surface area contributed by atoms with Gasteiger partial charge in [-0.3, -0.25) is 4.79 Å². The van der Waals surface area contributed by atoms with Gasteiger partial charge < -0.3 is 19.5 Å². The van der Waals surface area contributed by atoms with Crippen LogP contribution in [0.2, 0.25) is 0 Å². The van der Waals surface area contributed by atoms with Crippen molar-refractivity contribution in [1.29, 1.82) is 0 Å². The fourth-order valence-corrected chi connectivity index (χ4v) is 1.47. The first-order chi connectivity index (χ1) is 10.8. The third kappa shape index (κ3) is 6.24. The highest BCUT2D eigenvalue weighted by molar-refractivity contribution is 5.91. The summed E-state index contributed by atoms with van der Waals surface area (Å²) in [6.45, 7) is -0.871. The molecule has 1 aromatic carbocycles. The fraction of sp³-hybridized carbons (Fsp3) is 0.273. The van der Waals surface area contributed by atoms with Crippen molar-refractivity contribution in [1.82, 2.24) is 0 Å². The molecule has 0 aliphatic heterocycles. The lowest BCUT2D eigenvalue weighted by atomic mass is 10.2. The normalized spacial score (nSPS) is 11.1. The second-order valence-electron chi connectivity index (χ2n) is 3.95. The summed E-state index contributed by atoms with van der Waals surface area (Å²) in [6.07, 6.45) is -2.34. The highest BCUT2D eigenvalue weighted by atomic mass is 17.0. The Hall–Kier alpha value is -3.44. The van der Waals surface area contributed by atoms with Gasteiger partial charge in [-0.1, -0.05) is 12.1 Å². The molecule has 124 valence electrons. The molecule has 1 aromatic rings. The van der Waals surface area contributed by atoms with E-state index in [-0.39, 0.29) is 11.3 Å². The van der Waals surface area contributed by atoms with Crippen LogP contribution in [-0.2, 0) is 14.5 Å². The minimum atomic E-state index is -1.58. The molecule has 0 radical (unpaired) electrons. The van der Waals surface area contributed by atoms with E-state index in [1.165, 1.54) is 24.3 Å². The van der Waals surface area contributed by atoms with Crippen LogP contribution in [0.15, 0.2) is 24.3 Å². The lowest BCUT2D eigenvalue weighted by Crippen LogP contribution is -2.29. The zero-order chi connectivity index (χ0) is 17.4. The van der Waals surface area contributed by atoms with Crippen LogP contribution in [0.1, 0.15) is 16.8 Å². The number of nitrogens with zero attached hydrogens (tertiary/aromatic N) is 2. The molecule has 1 unspecified atom stereocenters. The molecular weight excluding hydrogens is 320 g/mol. The largest absolute Gasteiger partial charge is 0.478 e. The summed E-state index contributed by atoms with van der Waals surface area (Å²) >= 11 is 0. The van der Waals surface area contributed by atoms with Crippen LogP contribution in [0.3, 0.4) is 0 Å². The number of hydrogen-bond donors (Lipinski definition) is 1. The molecule has 0 saturated heterocycles. The number of rotatable bonds is 9. The Morgan fingerprint density at radius 3 is 2.39 bits per heavy atom. The van der Waals surface area contributed by atoms with E-state index in [0.717, 1.165) is 0 Å². The number of para-hydroxylation sites is 1. The zero-order valence-corrected chi connectivity index (χ0v) is 11.3. The van der Waals surface area contributed by atoms with E-state index < -0.39 is 41.2 Å². The van der Waals surface area contributed by atoms with Gasteiger partial charge in [-0.05, 0) is 12.1 Å². The Morgan fingerprint density at radius 2 is 1.83 bits per heavy atom. The molecule has 0 saturated carbocycles. The SMILES string of the molecule is O=C(CC(CO[N+](=O)[O-])O[N+](=O)[O-])Oc1ccccc1C(=O)O. The molecule has 0 amide bonds. The van der Waals surface area contributed by atoms with E-state index in [0.29, 0.717) is 0 Å². The first-order valence-corrected chi connectivity index (χ1v) is 5.91. The molecular formula is C11H10N2O10. The topological polar surface area (TPSA) is 168 Å². The van der Waals surface area contributed by atoms with E-state index in [1.807, 2.05) is 0 Å². The Labute approximate surface area is 127 Å². The third-order valence-electron chi connectivity index (χ3n) is 2.34. The van der Waals surface area contributed by atoms with E-state index in [1.54, 1.807) is 0 Å². The zero-order valence-electron chi connectivity index (χ0n) is 11.3. The summed E-state index contributed by atoms with van der Waals surface area (Å²) in [4.78, 5) is 50.9. The number of carboxylic acid groups (broad SMARTS) is 1. The average Bonchev–Trinajstić information content (AvgIpc) is 2.44.